The third kappa shape index (κ3) is 2.11. The van der Waals surface area contributed by atoms with Gasteiger partial charge in [-0.05, 0) is 39.3 Å². The zero-order valence-electron chi connectivity index (χ0n) is 10.6. The van der Waals surface area contributed by atoms with E-state index in [9.17, 15) is 0 Å². The van der Waals surface area contributed by atoms with Crippen molar-refractivity contribution in [2.45, 2.75) is 50.7 Å². The monoisotopic (exact) mass is 234 g/mol. The van der Waals surface area contributed by atoms with Crippen LogP contribution in [0.25, 0.3) is 0 Å². The Morgan fingerprint density at radius 3 is 3.00 bits per heavy atom. The molecule has 17 heavy (non-hydrogen) atoms. The van der Waals surface area contributed by atoms with Crippen molar-refractivity contribution < 1.29 is 0 Å². The van der Waals surface area contributed by atoms with Crippen LogP contribution < -0.4 is 5.73 Å². The normalized spacial score (nSPS) is 29.5. The van der Waals surface area contributed by atoms with Gasteiger partial charge in [0.25, 0.3) is 0 Å². The molecule has 94 valence electrons. The Kier molecular flexibility index (Phi) is 2.92. The average Bonchev–Trinajstić information content (AvgIpc) is 2.87. The van der Waals surface area contributed by atoms with Crippen molar-refractivity contribution in [2.24, 2.45) is 5.73 Å². The summed E-state index contributed by atoms with van der Waals surface area (Å²) >= 11 is 0. The Morgan fingerprint density at radius 2 is 2.29 bits per heavy atom. The van der Waals surface area contributed by atoms with Gasteiger partial charge in [-0.3, -0.25) is 0 Å². The van der Waals surface area contributed by atoms with Crippen molar-refractivity contribution in [3.05, 3.63) is 17.7 Å². The van der Waals surface area contributed by atoms with E-state index < -0.39 is 0 Å². The second-order valence-corrected chi connectivity index (χ2v) is 5.50. The first-order valence-electron chi connectivity index (χ1n) is 6.76. The lowest BCUT2D eigenvalue weighted by Gasteiger charge is -2.20. The van der Waals surface area contributed by atoms with Crippen LogP contribution in [0.2, 0.25) is 0 Å². The second-order valence-electron chi connectivity index (χ2n) is 5.50. The van der Waals surface area contributed by atoms with Crippen LogP contribution in [-0.2, 0) is 12.8 Å². The summed E-state index contributed by atoms with van der Waals surface area (Å²) in [7, 11) is 2.22. The van der Waals surface area contributed by atoms with E-state index in [1.807, 2.05) is 0 Å². The van der Waals surface area contributed by atoms with Gasteiger partial charge in [0.2, 0.25) is 0 Å². The summed E-state index contributed by atoms with van der Waals surface area (Å²) in [5.41, 5.74) is 7.34. The number of hydrogen-bond donors (Lipinski definition) is 1. The molecule has 1 aromatic heterocycles. The van der Waals surface area contributed by atoms with Crippen LogP contribution in [0.1, 0.15) is 43.4 Å². The maximum Gasteiger partial charge on any atom is 0.110 e. The van der Waals surface area contributed by atoms with Crippen LogP contribution in [0.5, 0.6) is 0 Å². The molecule has 2 atom stereocenters. The highest BCUT2D eigenvalue weighted by molar-refractivity contribution is 5.09. The molecule has 0 bridgehead atoms. The van der Waals surface area contributed by atoms with E-state index in [0.29, 0.717) is 6.04 Å². The zero-order valence-corrected chi connectivity index (χ0v) is 10.6. The van der Waals surface area contributed by atoms with E-state index >= 15 is 0 Å². The number of fused-ring (bicyclic) bond motifs is 1. The van der Waals surface area contributed by atoms with E-state index in [1.165, 1.54) is 37.3 Å². The molecule has 0 saturated carbocycles. The number of hydrogen-bond acceptors (Lipinski definition) is 3. The number of rotatable bonds is 2. The summed E-state index contributed by atoms with van der Waals surface area (Å²) in [6, 6.07) is 0.683. The lowest BCUT2D eigenvalue weighted by Crippen LogP contribution is -2.26. The molecule has 1 aromatic rings. The average molecular weight is 234 g/mol. The Labute approximate surface area is 103 Å². The molecule has 2 N–H and O–H groups in total. The number of aromatic nitrogens is 2. The fraction of sp³-hybridized carbons (Fsp3) is 0.769. The molecular weight excluding hydrogens is 212 g/mol. The van der Waals surface area contributed by atoms with Gasteiger partial charge in [0.15, 0.2) is 0 Å². The minimum absolute atomic E-state index is 0.154. The van der Waals surface area contributed by atoms with Gasteiger partial charge < -0.3 is 15.2 Å². The molecule has 2 unspecified atom stereocenters. The van der Waals surface area contributed by atoms with Gasteiger partial charge in [-0.25, -0.2) is 4.98 Å². The molecule has 0 spiro atoms. The fourth-order valence-electron chi connectivity index (χ4n) is 3.14. The molecule has 0 aliphatic carbocycles. The first kappa shape index (κ1) is 11.2. The maximum atomic E-state index is 6.11. The minimum atomic E-state index is 0.154. The number of likely N-dealkylation sites (N-methyl/N-ethyl adjacent to an activating group) is 1. The largest absolute Gasteiger partial charge is 0.319 e. The Hall–Kier alpha value is -0.870. The van der Waals surface area contributed by atoms with E-state index in [1.54, 1.807) is 0 Å². The lowest BCUT2D eigenvalue weighted by molar-refractivity contribution is 0.308. The van der Waals surface area contributed by atoms with E-state index in [0.717, 1.165) is 19.3 Å². The summed E-state index contributed by atoms with van der Waals surface area (Å²) in [6.07, 6.45) is 9.43. The van der Waals surface area contributed by atoms with Gasteiger partial charge in [-0.1, -0.05) is 0 Å². The number of nitrogens with two attached hydrogens (primary N) is 1. The molecule has 4 nitrogen and oxygen atoms in total. The fourth-order valence-corrected chi connectivity index (χ4v) is 3.14. The molecule has 1 saturated heterocycles. The molecular formula is C13H22N4. The first-order valence-corrected chi connectivity index (χ1v) is 6.76. The van der Waals surface area contributed by atoms with Crippen LogP contribution in [-0.4, -0.2) is 34.1 Å². The molecule has 3 rings (SSSR count). The molecule has 4 heteroatoms. The quantitative estimate of drug-likeness (QED) is 0.839. The van der Waals surface area contributed by atoms with Crippen molar-refractivity contribution in [1.29, 1.82) is 0 Å². The van der Waals surface area contributed by atoms with Crippen LogP contribution in [0.15, 0.2) is 6.20 Å². The molecule has 0 aromatic carbocycles. The Bertz CT molecular complexity index is 398. The molecule has 0 radical (unpaired) electrons. The van der Waals surface area contributed by atoms with Crippen molar-refractivity contribution in [1.82, 2.24) is 14.5 Å². The van der Waals surface area contributed by atoms with Crippen molar-refractivity contribution in [3.63, 3.8) is 0 Å². The van der Waals surface area contributed by atoms with E-state index in [2.05, 4.69) is 22.7 Å². The van der Waals surface area contributed by atoms with Gasteiger partial charge in [-0.15, -0.1) is 0 Å². The third-order valence-electron chi connectivity index (χ3n) is 4.23. The summed E-state index contributed by atoms with van der Waals surface area (Å²) in [4.78, 5) is 7.21. The molecule has 1 fully saturated rings. The predicted octanol–water partition coefficient (Wildman–Crippen LogP) is 1.31. The molecule has 2 aliphatic heterocycles. The minimum Gasteiger partial charge on any atom is -0.319 e. The van der Waals surface area contributed by atoms with Gasteiger partial charge in [0, 0.05) is 25.1 Å². The SMILES string of the molecule is CN1CCCC1Cc1cn2c(n1)CCCC2N. The summed E-state index contributed by atoms with van der Waals surface area (Å²) in [5.74, 6) is 1.19. The predicted molar refractivity (Wildman–Crippen MR) is 67.7 cm³/mol. The van der Waals surface area contributed by atoms with Gasteiger partial charge >= 0.3 is 0 Å². The summed E-state index contributed by atoms with van der Waals surface area (Å²) < 4.78 is 2.19. The summed E-state index contributed by atoms with van der Waals surface area (Å²) in [5, 5.41) is 0. The van der Waals surface area contributed by atoms with Crippen molar-refractivity contribution >= 4 is 0 Å². The number of aryl methyl sites for hydroxylation is 1. The zero-order chi connectivity index (χ0) is 11.8. The van der Waals surface area contributed by atoms with Crippen molar-refractivity contribution in [3.8, 4) is 0 Å². The molecule has 3 heterocycles. The van der Waals surface area contributed by atoms with Crippen LogP contribution in [0, 0.1) is 0 Å². The summed E-state index contributed by atoms with van der Waals surface area (Å²) in [6.45, 7) is 1.23. The Balaban J connectivity index is 1.75. The highest BCUT2D eigenvalue weighted by atomic mass is 15.2. The van der Waals surface area contributed by atoms with Crippen LogP contribution in [0.3, 0.4) is 0 Å². The maximum absolute atomic E-state index is 6.11. The number of likely N-dealkylation sites (tertiary alicyclic amines) is 1. The second kappa shape index (κ2) is 4.42. The van der Waals surface area contributed by atoms with E-state index in [-0.39, 0.29) is 6.17 Å². The van der Waals surface area contributed by atoms with Gasteiger partial charge in [-0.2, -0.15) is 0 Å². The smallest absolute Gasteiger partial charge is 0.110 e. The Morgan fingerprint density at radius 1 is 1.41 bits per heavy atom. The number of imidazole rings is 1. The van der Waals surface area contributed by atoms with Crippen LogP contribution >= 0.6 is 0 Å². The third-order valence-corrected chi connectivity index (χ3v) is 4.23. The molecule has 2 aliphatic rings. The van der Waals surface area contributed by atoms with Gasteiger partial charge in [0.05, 0.1) is 11.9 Å². The van der Waals surface area contributed by atoms with Crippen LogP contribution in [0.4, 0.5) is 0 Å². The first-order chi connectivity index (χ1) is 8.24. The lowest BCUT2D eigenvalue weighted by atomic mass is 10.1. The molecule has 0 amide bonds. The highest BCUT2D eigenvalue weighted by Crippen LogP contribution is 2.23. The topological polar surface area (TPSA) is 47.1 Å². The van der Waals surface area contributed by atoms with Crippen molar-refractivity contribution in [2.75, 3.05) is 13.6 Å². The number of nitrogens with zero attached hydrogens (tertiary/aromatic N) is 3. The van der Waals surface area contributed by atoms with Gasteiger partial charge in [0.1, 0.15) is 5.82 Å². The highest BCUT2D eigenvalue weighted by Gasteiger charge is 2.24. The van der Waals surface area contributed by atoms with E-state index in [4.69, 9.17) is 10.7 Å². The standard InChI is InChI=1S/C13H22N4/c1-16-7-3-4-11(16)8-10-9-17-12(14)5-2-6-13(17)15-10/h9,11-12H,2-8,14H2,1H3.